The average molecular weight is 505 g/mol. The van der Waals surface area contributed by atoms with Crippen molar-refractivity contribution >= 4 is 5.78 Å². The summed E-state index contributed by atoms with van der Waals surface area (Å²) in [5.74, 6) is 0.363. The molecule has 0 amide bonds. The summed E-state index contributed by atoms with van der Waals surface area (Å²) in [7, 11) is 0. The first-order valence-corrected chi connectivity index (χ1v) is 12.2. The van der Waals surface area contributed by atoms with Crippen LogP contribution in [0.4, 0.5) is 0 Å². The maximum atomic E-state index is 12.2. The standard InChI is InChI=1S/C24H40O11/c1-11-7-16(26)24(3,4)8-13(11)6-5-12(2)34-23-21(31)19(29)18(28)15(35-23)10-33-22-20(30)17(27)14(25)9-32-22/h7,12-15,17-23,25,27-31H,5-6,8-10H2,1-4H3/t12?,13-,14-,15-,17-,18-,19+,20+,21-,22-,23-/m1/s1. The Morgan fingerprint density at radius 1 is 1.03 bits per heavy atom. The Kier molecular flexibility index (Phi) is 9.47. The molecule has 6 N–H and O–H groups in total. The van der Waals surface area contributed by atoms with E-state index in [-0.39, 0.29) is 31.0 Å². The fourth-order valence-electron chi connectivity index (χ4n) is 4.74. The predicted molar refractivity (Wildman–Crippen MR) is 121 cm³/mol. The highest BCUT2D eigenvalue weighted by Crippen LogP contribution is 2.38. The number of hydrogen-bond acceptors (Lipinski definition) is 11. The minimum absolute atomic E-state index is 0.131. The van der Waals surface area contributed by atoms with Crippen molar-refractivity contribution in [1.29, 1.82) is 0 Å². The van der Waals surface area contributed by atoms with Gasteiger partial charge < -0.3 is 49.6 Å². The molecule has 2 heterocycles. The number of aliphatic hydroxyl groups excluding tert-OH is 6. The number of aliphatic hydroxyl groups is 6. The number of hydrogen-bond donors (Lipinski definition) is 6. The summed E-state index contributed by atoms with van der Waals surface area (Å²) in [5.41, 5.74) is 0.629. The van der Waals surface area contributed by atoms with E-state index in [2.05, 4.69) is 0 Å². The average Bonchev–Trinajstić information content (AvgIpc) is 2.79. The van der Waals surface area contributed by atoms with Crippen LogP contribution in [0.5, 0.6) is 0 Å². The maximum Gasteiger partial charge on any atom is 0.186 e. The van der Waals surface area contributed by atoms with E-state index in [1.165, 1.54) is 0 Å². The first-order chi connectivity index (χ1) is 16.3. The normalized spacial score (nSPS) is 43.0. The summed E-state index contributed by atoms with van der Waals surface area (Å²) >= 11 is 0. The largest absolute Gasteiger partial charge is 0.388 e. The van der Waals surface area contributed by atoms with Gasteiger partial charge in [0, 0.05) is 5.41 Å². The van der Waals surface area contributed by atoms with Gasteiger partial charge in [-0.3, -0.25) is 4.79 Å². The zero-order valence-corrected chi connectivity index (χ0v) is 20.7. The molecule has 3 rings (SSSR count). The second-order valence-electron chi connectivity index (χ2n) is 10.7. The van der Waals surface area contributed by atoms with E-state index in [0.29, 0.717) is 6.42 Å². The molecule has 0 aromatic rings. The zero-order chi connectivity index (χ0) is 26.1. The summed E-state index contributed by atoms with van der Waals surface area (Å²) in [4.78, 5) is 12.2. The van der Waals surface area contributed by atoms with Gasteiger partial charge in [-0.2, -0.15) is 0 Å². The number of allylic oxidation sites excluding steroid dienone is 2. The van der Waals surface area contributed by atoms with Crippen LogP contribution in [-0.4, -0.2) is 111 Å². The van der Waals surface area contributed by atoms with E-state index in [9.17, 15) is 35.4 Å². The van der Waals surface area contributed by atoms with E-state index in [1.807, 2.05) is 27.7 Å². The van der Waals surface area contributed by atoms with Crippen LogP contribution < -0.4 is 0 Å². The molecule has 35 heavy (non-hydrogen) atoms. The number of ether oxygens (including phenoxy) is 4. The lowest BCUT2D eigenvalue weighted by Crippen LogP contribution is -2.60. The van der Waals surface area contributed by atoms with Crippen LogP contribution in [0, 0.1) is 11.3 Å². The SMILES string of the molecule is CC1=CC(=O)C(C)(C)C[C@H]1CCC(C)O[C@@H]1O[C@H](CO[C@H]2OC[C@@H](O)[C@@H](O)[C@@H]2O)[C@@H](O)[C@H](O)[C@H]1O. The molecule has 1 aliphatic carbocycles. The van der Waals surface area contributed by atoms with Gasteiger partial charge in [-0.1, -0.05) is 19.4 Å². The molecule has 0 bridgehead atoms. The quantitative estimate of drug-likeness (QED) is 0.239. The Labute approximate surface area is 205 Å². The molecule has 0 radical (unpaired) electrons. The lowest BCUT2D eigenvalue weighted by Gasteiger charge is -2.42. The lowest BCUT2D eigenvalue weighted by atomic mass is 9.70. The second kappa shape index (κ2) is 11.6. The Morgan fingerprint density at radius 2 is 1.69 bits per heavy atom. The van der Waals surface area contributed by atoms with Crippen molar-refractivity contribution in [3.8, 4) is 0 Å². The van der Waals surface area contributed by atoms with E-state index in [1.54, 1.807) is 6.08 Å². The van der Waals surface area contributed by atoms with Crippen molar-refractivity contribution in [2.24, 2.45) is 11.3 Å². The Hall–Kier alpha value is -0.990. The zero-order valence-electron chi connectivity index (χ0n) is 20.7. The molecule has 0 spiro atoms. The van der Waals surface area contributed by atoms with Gasteiger partial charge in [0.15, 0.2) is 18.4 Å². The van der Waals surface area contributed by atoms with Gasteiger partial charge in [0.2, 0.25) is 0 Å². The minimum atomic E-state index is -1.56. The first kappa shape index (κ1) is 28.6. The van der Waals surface area contributed by atoms with Gasteiger partial charge in [0.05, 0.1) is 19.3 Å². The van der Waals surface area contributed by atoms with E-state index < -0.39 is 60.7 Å². The van der Waals surface area contributed by atoms with Crippen molar-refractivity contribution in [2.75, 3.05) is 13.2 Å². The lowest BCUT2D eigenvalue weighted by molar-refractivity contribution is -0.327. The maximum absolute atomic E-state index is 12.2. The number of ketones is 1. The van der Waals surface area contributed by atoms with Crippen LogP contribution in [0.1, 0.15) is 47.0 Å². The molecule has 3 aliphatic rings. The highest BCUT2D eigenvalue weighted by Gasteiger charge is 2.46. The van der Waals surface area contributed by atoms with Crippen molar-refractivity contribution < 1.29 is 54.4 Å². The van der Waals surface area contributed by atoms with Gasteiger partial charge in [0.1, 0.15) is 42.7 Å². The summed E-state index contributed by atoms with van der Waals surface area (Å²) in [5, 5.41) is 60.3. The Morgan fingerprint density at radius 3 is 2.37 bits per heavy atom. The Balaban J connectivity index is 1.53. The van der Waals surface area contributed by atoms with Gasteiger partial charge >= 0.3 is 0 Å². The molecule has 2 fully saturated rings. The van der Waals surface area contributed by atoms with Crippen LogP contribution in [-0.2, 0) is 23.7 Å². The van der Waals surface area contributed by atoms with Gasteiger partial charge in [-0.15, -0.1) is 0 Å². The fraction of sp³-hybridized carbons (Fsp3) is 0.875. The van der Waals surface area contributed by atoms with Crippen molar-refractivity contribution in [3.05, 3.63) is 11.6 Å². The third kappa shape index (κ3) is 6.67. The summed E-state index contributed by atoms with van der Waals surface area (Å²) < 4.78 is 22.1. The topological polar surface area (TPSA) is 175 Å². The minimum Gasteiger partial charge on any atom is -0.388 e. The molecule has 11 heteroatoms. The van der Waals surface area contributed by atoms with E-state index in [0.717, 1.165) is 18.4 Å². The highest BCUT2D eigenvalue weighted by molar-refractivity contribution is 5.95. The molecule has 0 aromatic heterocycles. The molecular formula is C24H40O11. The van der Waals surface area contributed by atoms with Crippen molar-refractivity contribution in [1.82, 2.24) is 0 Å². The van der Waals surface area contributed by atoms with Gasteiger partial charge in [-0.05, 0) is 45.1 Å². The van der Waals surface area contributed by atoms with Crippen molar-refractivity contribution in [2.45, 2.75) is 108 Å². The molecule has 0 saturated carbocycles. The van der Waals surface area contributed by atoms with Gasteiger partial charge in [-0.25, -0.2) is 0 Å². The second-order valence-corrected chi connectivity index (χ2v) is 10.7. The predicted octanol–water partition coefficient (Wildman–Crippen LogP) is -1.00. The van der Waals surface area contributed by atoms with Gasteiger partial charge in [0.25, 0.3) is 0 Å². The third-order valence-corrected chi connectivity index (χ3v) is 7.26. The third-order valence-electron chi connectivity index (χ3n) is 7.26. The molecule has 202 valence electrons. The number of carbonyl (C=O) groups is 1. The molecule has 11 nitrogen and oxygen atoms in total. The molecule has 0 aromatic carbocycles. The highest BCUT2D eigenvalue weighted by atomic mass is 16.7. The number of carbonyl (C=O) groups excluding carboxylic acids is 1. The Bertz CT molecular complexity index is 756. The fourth-order valence-corrected chi connectivity index (χ4v) is 4.74. The molecular weight excluding hydrogens is 464 g/mol. The molecule has 11 atom stereocenters. The van der Waals surface area contributed by atoms with E-state index >= 15 is 0 Å². The first-order valence-electron chi connectivity index (χ1n) is 12.2. The van der Waals surface area contributed by atoms with Crippen molar-refractivity contribution in [3.63, 3.8) is 0 Å². The van der Waals surface area contributed by atoms with Crippen LogP contribution >= 0.6 is 0 Å². The molecule has 2 saturated heterocycles. The van der Waals surface area contributed by atoms with Crippen LogP contribution in [0.15, 0.2) is 11.6 Å². The van der Waals surface area contributed by atoms with Crippen LogP contribution in [0.25, 0.3) is 0 Å². The molecule has 2 aliphatic heterocycles. The number of rotatable bonds is 8. The van der Waals surface area contributed by atoms with Crippen LogP contribution in [0.3, 0.4) is 0 Å². The smallest absolute Gasteiger partial charge is 0.186 e. The van der Waals surface area contributed by atoms with E-state index in [4.69, 9.17) is 18.9 Å². The monoisotopic (exact) mass is 504 g/mol. The summed E-state index contributed by atoms with van der Waals surface area (Å²) in [6.07, 6.45) is -8.90. The summed E-state index contributed by atoms with van der Waals surface area (Å²) in [6, 6.07) is 0. The summed E-state index contributed by atoms with van der Waals surface area (Å²) in [6.45, 7) is 7.06. The molecule has 1 unspecified atom stereocenters. The van der Waals surface area contributed by atoms with Crippen LogP contribution in [0.2, 0.25) is 0 Å².